The summed E-state index contributed by atoms with van der Waals surface area (Å²) in [5, 5.41) is 9.92. The van der Waals surface area contributed by atoms with Gasteiger partial charge in [-0.2, -0.15) is 0 Å². The summed E-state index contributed by atoms with van der Waals surface area (Å²) in [6.07, 6.45) is 2.36. The van der Waals surface area contributed by atoms with Gasteiger partial charge in [0.05, 0.1) is 18.8 Å². The molecule has 0 aromatic heterocycles. The number of ether oxygens (including phenoxy) is 1. The molecule has 0 unspecified atom stereocenters. The minimum absolute atomic E-state index is 0.154. The van der Waals surface area contributed by atoms with Crippen LogP contribution in [-0.4, -0.2) is 47.6 Å². The first-order chi connectivity index (χ1) is 9.53. The Balaban J connectivity index is 1.62. The predicted molar refractivity (Wildman–Crippen MR) is 76.3 cm³/mol. The third-order valence-electron chi connectivity index (χ3n) is 4.31. The molecule has 1 aromatic carbocycles. The SMILES string of the molecule is CC1(O)CCN(CC(=O)c2ccc3c(c2)CCO3)CC1. The van der Waals surface area contributed by atoms with Gasteiger partial charge in [0.25, 0.3) is 0 Å². The fraction of sp³-hybridized carbons (Fsp3) is 0.562. The lowest BCUT2D eigenvalue weighted by atomic mass is 9.93. The molecule has 1 N–H and O–H groups in total. The summed E-state index contributed by atoms with van der Waals surface area (Å²) < 4.78 is 5.46. The van der Waals surface area contributed by atoms with Crippen LogP contribution >= 0.6 is 0 Å². The average Bonchev–Trinajstić information content (AvgIpc) is 2.88. The van der Waals surface area contributed by atoms with E-state index in [-0.39, 0.29) is 5.78 Å². The van der Waals surface area contributed by atoms with Crippen LogP contribution in [0.2, 0.25) is 0 Å². The number of carbonyl (C=O) groups is 1. The van der Waals surface area contributed by atoms with E-state index in [9.17, 15) is 9.90 Å². The van der Waals surface area contributed by atoms with E-state index in [4.69, 9.17) is 4.74 Å². The molecule has 1 saturated heterocycles. The maximum Gasteiger partial charge on any atom is 0.176 e. The lowest BCUT2D eigenvalue weighted by molar-refractivity contribution is -0.00420. The van der Waals surface area contributed by atoms with Crippen molar-refractivity contribution in [3.8, 4) is 5.75 Å². The van der Waals surface area contributed by atoms with Crippen molar-refractivity contribution in [1.82, 2.24) is 4.90 Å². The van der Waals surface area contributed by atoms with Crippen molar-refractivity contribution >= 4 is 5.78 Å². The molecular weight excluding hydrogens is 254 g/mol. The summed E-state index contributed by atoms with van der Waals surface area (Å²) >= 11 is 0. The minimum atomic E-state index is -0.565. The number of carbonyl (C=O) groups excluding carboxylic acids is 1. The topological polar surface area (TPSA) is 49.8 Å². The highest BCUT2D eigenvalue weighted by molar-refractivity contribution is 5.98. The largest absolute Gasteiger partial charge is 0.493 e. The summed E-state index contributed by atoms with van der Waals surface area (Å²) in [6, 6.07) is 5.72. The molecule has 2 aliphatic rings. The molecule has 2 heterocycles. The van der Waals surface area contributed by atoms with E-state index in [1.165, 1.54) is 0 Å². The molecule has 4 nitrogen and oxygen atoms in total. The first-order valence-electron chi connectivity index (χ1n) is 7.27. The van der Waals surface area contributed by atoms with Crippen LogP contribution in [0, 0.1) is 0 Å². The van der Waals surface area contributed by atoms with E-state index >= 15 is 0 Å². The zero-order valence-electron chi connectivity index (χ0n) is 11.9. The van der Waals surface area contributed by atoms with Gasteiger partial charge in [-0.05, 0) is 43.5 Å². The summed E-state index contributed by atoms with van der Waals surface area (Å²) in [6.45, 7) is 4.59. The normalized spacial score (nSPS) is 21.3. The van der Waals surface area contributed by atoms with E-state index in [0.717, 1.165) is 49.2 Å². The zero-order valence-corrected chi connectivity index (χ0v) is 11.9. The Morgan fingerprint density at radius 2 is 2.15 bits per heavy atom. The number of rotatable bonds is 3. The molecule has 2 aliphatic heterocycles. The van der Waals surface area contributed by atoms with E-state index in [2.05, 4.69) is 4.90 Å². The molecule has 0 radical (unpaired) electrons. The predicted octanol–water partition coefficient (Wildman–Crippen LogP) is 1.65. The number of aliphatic hydroxyl groups is 1. The third-order valence-corrected chi connectivity index (χ3v) is 4.31. The van der Waals surface area contributed by atoms with E-state index < -0.39 is 5.60 Å². The van der Waals surface area contributed by atoms with Crippen LogP contribution in [0.5, 0.6) is 5.75 Å². The molecular formula is C16H21NO3. The molecule has 0 atom stereocenters. The molecule has 20 heavy (non-hydrogen) atoms. The molecule has 1 aromatic rings. The molecule has 108 valence electrons. The van der Waals surface area contributed by atoms with Crippen molar-refractivity contribution in [2.24, 2.45) is 0 Å². The first kappa shape index (κ1) is 13.6. The van der Waals surface area contributed by atoms with Gasteiger partial charge < -0.3 is 9.84 Å². The van der Waals surface area contributed by atoms with Gasteiger partial charge in [0.1, 0.15) is 5.75 Å². The van der Waals surface area contributed by atoms with E-state index in [0.29, 0.717) is 13.2 Å². The highest BCUT2D eigenvalue weighted by Gasteiger charge is 2.28. The fourth-order valence-electron chi connectivity index (χ4n) is 2.85. The number of ketones is 1. The molecule has 3 rings (SSSR count). The van der Waals surface area contributed by atoms with Crippen LogP contribution in [0.4, 0.5) is 0 Å². The Kier molecular flexibility index (Phi) is 3.52. The first-order valence-corrected chi connectivity index (χ1v) is 7.27. The second-order valence-electron chi connectivity index (χ2n) is 6.12. The van der Waals surface area contributed by atoms with Gasteiger partial charge in [-0.1, -0.05) is 0 Å². The van der Waals surface area contributed by atoms with Gasteiger partial charge in [0, 0.05) is 25.1 Å². The number of fused-ring (bicyclic) bond motifs is 1. The fourth-order valence-corrected chi connectivity index (χ4v) is 2.85. The number of benzene rings is 1. The summed E-state index contributed by atoms with van der Waals surface area (Å²) in [7, 11) is 0. The van der Waals surface area contributed by atoms with Crippen LogP contribution < -0.4 is 4.74 Å². The van der Waals surface area contributed by atoms with E-state index in [1.54, 1.807) is 0 Å². The Morgan fingerprint density at radius 1 is 1.40 bits per heavy atom. The van der Waals surface area contributed by atoms with Crippen molar-refractivity contribution in [2.45, 2.75) is 31.8 Å². The average molecular weight is 275 g/mol. The molecule has 0 saturated carbocycles. The summed E-state index contributed by atoms with van der Waals surface area (Å²) in [5.41, 5.74) is 1.34. The van der Waals surface area contributed by atoms with Crippen LogP contribution in [0.3, 0.4) is 0 Å². The Bertz CT molecular complexity index is 514. The molecule has 0 amide bonds. The van der Waals surface area contributed by atoms with Crippen molar-refractivity contribution in [1.29, 1.82) is 0 Å². The minimum Gasteiger partial charge on any atom is -0.493 e. The van der Waals surface area contributed by atoms with Crippen molar-refractivity contribution in [3.05, 3.63) is 29.3 Å². The Morgan fingerprint density at radius 3 is 2.90 bits per heavy atom. The number of nitrogens with zero attached hydrogens (tertiary/aromatic N) is 1. The highest BCUT2D eigenvalue weighted by atomic mass is 16.5. The lowest BCUT2D eigenvalue weighted by Gasteiger charge is -2.35. The molecule has 0 bridgehead atoms. The van der Waals surface area contributed by atoms with Crippen molar-refractivity contribution in [3.63, 3.8) is 0 Å². The number of piperidine rings is 1. The zero-order chi connectivity index (χ0) is 14.2. The number of hydrogen-bond acceptors (Lipinski definition) is 4. The van der Waals surface area contributed by atoms with Crippen LogP contribution in [0.15, 0.2) is 18.2 Å². The number of hydrogen-bond donors (Lipinski definition) is 1. The third kappa shape index (κ3) is 2.86. The smallest absolute Gasteiger partial charge is 0.176 e. The lowest BCUT2D eigenvalue weighted by Crippen LogP contribution is -2.44. The van der Waals surface area contributed by atoms with Crippen LogP contribution in [-0.2, 0) is 6.42 Å². The molecule has 0 spiro atoms. The Hall–Kier alpha value is -1.39. The van der Waals surface area contributed by atoms with Crippen molar-refractivity contribution < 1.29 is 14.6 Å². The second kappa shape index (κ2) is 5.19. The van der Waals surface area contributed by atoms with Gasteiger partial charge in [-0.3, -0.25) is 9.69 Å². The monoisotopic (exact) mass is 275 g/mol. The van der Waals surface area contributed by atoms with Crippen molar-refractivity contribution in [2.75, 3.05) is 26.2 Å². The number of Topliss-reactive ketones (excluding diaryl/α,β-unsaturated/α-hetero) is 1. The maximum atomic E-state index is 12.3. The highest BCUT2D eigenvalue weighted by Crippen LogP contribution is 2.26. The van der Waals surface area contributed by atoms with Gasteiger partial charge in [-0.15, -0.1) is 0 Å². The van der Waals surface area contributed by atoms with Gasteiger partial charge >= 0.3 is 0 Å². The van der Waals surface area contributed by atoms with Crippen LogP contribution in [0.1, 0.15) is 35.7 Å². The maximum absolute atomic E-state index is 12.3. The standard InChI is InChI=1S/C16H21NO3/c1-16(19)5-7-17(8-6-16)11-14(18)12-2-3-15-13(10-12)4-9-20-15/h2-3,10,19H,4-9,11H2,1H3. The van der Waals surface area contributed by atoms with Gasteiger partial charge in [0.15, 0.2) is 5.78 Å². The quantitative estimate of drug-likeness (QED) is 0.852. The molecule has 4 heteroatoms. The van der Waals surface area contributed by atoms with E-state index in [1.807, 2.05) is 25.1 Å². The molecule has 1 fully saturated rings. The molecule has 0 aliphatic carbocycles. The summed E-state index contributed by atoms with van der Waals surface area (Å²) in [4.78, 5) is 14.5. The van der Waals surface area contributed by atoms with Gasteiger partial charge in [-0.25, -0.2) is 0 Å². The van der Waals surface area contributed by atoms with Crippen LogP contribution in [0.25, 0.3) is 0 Å². The Labute approximate surface area is 119 Å². The number of likely N-dealkylation sites (tertiary alicyclic amines) is 1. The summed E-state index contributed by atoms with van der Waals surface area (Å²) in [5.74, 6) is 1.07. The van der Waals surface area contributed by atoms with Gasteiger partial charge in [0.2, 0.25) is 0 Å². The second-order valence-corrected chi connectivity index (χ2v) is 6.12.